The van der Waals surface area contributed by atoms with Gasteiger partial charge in [-0.2, -0.15) is 5.26 Å². The van der Waals surface area contributed by atoms with E-state index in [1.165, 1.54) is 11.8 Å². The highest BCUT2D eigenvalue weighted by molar-refractivity contribution is 7.98. The molecule has 3 aromatic rings. The first kappa shape index (κ1) is 17.2. The number of nitrogens with zero attached hydrogens (tertiary/aromatic N) is 3. The molecule has 0 spiro atoms. The number of para-hydroxylation sites is 1. The van der Waals surface area contributed by atoms with E-state index in [0.29, 0.717) is 29.2 Å². The fourth-order valence-corrected chi connectivity index (χ4v) is 3.61. The minimum absolute atomic E-state index is 0.00701. The van der Waals surface area contributed by atoms with E-state index in [1.807, 2.05) is 42.5 Å². The Morgan fingerprint density at radius 1 is 1.20 bits per heavy atom. The molecule has 0 aliphatic carbocycles. The summed E-state index contributed by atoms with van der Waals surface area (Å²) in [5.41, 5.74) is 2.42. The van der Waals surface area contributed by atoms with Crippen LogP contribution in [-0.4, -0.2) is 9.55 Å². The van der Waals surface area contributed by atoms with Crippen LogP contribution in [0.1, 0.15) is 25.0 Å². The van der Waals surface area contributed by atoms with Crippen LogP contribution in [0.25, 0.3) is 10.9 Å². The Bertz CT molecular complexity index is 1000. The summed E-state index contributed by atoms with van der Waals surface area (Å²) in [6.45, 7) is 4.82. The number of aromatic nitrogens is 2. The van der Waals surface area contributed by atoms with Gasteiger partial charge in [0.25, 0.3) is 5.56 Å². The second kappa shape index (κ2) is 7.54. The Morgan fingerprint density at radius 2 is 2.00 bits per heavy atom. The molecule has 0 radical (unpaired) electrons. The Labute approximate surface area is 151 Å². The average molecular weight is 349 g/mol. The average Bonchev–Trinajstić information content (AvgIpc) is 2.62. The maximum atomic E-state index is 12.9. The lowest BCUT2D eigenvalue weighted by molar-refractivity contribution is 0.475. The van der Waals surface area contributed by atoms with Crippen molar-refractivity contribution in [2.45, 2.75) is 31.3 Å². The molecule has 0 bridgehead atoms. The van der Waals surface area contributed by atoms with E-state index in [9.17, 15) is 4.79 Å². The van der Waals surface area contributed by atoms with Crippen LogP contribution in [-0.2, 0) is 12.3 Å². The monoisotopic (exact) mass is 349 g/mol. The van der Waals surface area contributed by atoms with Gasteiger partial charge in [0.15, 0.2) is 5.16 Å². The van der Waals surface area contributed by atoms with E-state index in [-0.39, 0.29) is 5.56 Å². The molecule has 0 N–H and O–H groups in total. The molecule has 0 saturated heterocycles. The Kier molecular flexibility index (Phi) is 5.20. The van der Waals surface area contributed by atoms with Crippen molar-refractivity contribution in [1.29, 1.82) is 5.26 Å². The van der Waals surface area contributed by atoms with E-state index in [0.717, 1.165) is 16.2 Å². The number of benzene rings is 2. The van der Waals surface area contributed by atoms with Crippen LogP contribution in [0.5, 0.6) is 0 Å². The van der Waals surface area contributed by atoms with Crippen molar-refractivity contribution >= 4 is 22.7 Å². The Hall–Kier alpha value is -2.58. The second-order valence-corrected chi connectivity index (χ2v) is 7.26. The summed E-state index contributed by atoms with van der Waals surface area (Å²) in [6.07, 6.45) is 0. The van der Waals surface area contributed by atoms with Crippen molar-refractivity contribution in [1.82, 2.24) is 9.55 Å². The summed E-state index contributed by atoms with van der Waals surface area (Å²) in [5, 5.41) is 10.4. The van der Waals surface area contributed by atoms with Gasteiger partial charge in [0, 0.05) is 12.3 Å². The van der Waals surface area contributed by atoms with Gasteiger partial charge in [0.1, 0.15) is 0 Å². The van der Waals surface area contributed by atoms with Gasteiger partial charge in [-0.15, -0.1) is 0 Å². The molecule has 0 atom stereocenters. The van der Waals surface area contributed by atoms with Crippen LogP contribution in [0.2, 0.25) is 0 Å². The molecule has 3 rings (SSSR count). The zero-order valence-electron chi connectivity index (χ0n) is 14.3. The lowest BCUT2D eigenvalue weighted by Gasteiger charge is -2.15. The molecule has 25 heavy (non-hydrogen) atoms. The topological polar surface area (TPSA) is 58.7 Å². The van der Waals surface area contributed by atoms with Crippen molar-refractivity contribution in [2.24, 2.45) is 5.92 Å². The van der Waals surface area contributed by atoms with Gasteiger partial charge in [-0.25, -0.2) is 4.98 Å². The second-order valence-electron chi connectivity index (χ2n) is 6.32. The summed E-state index contributed by atoms with van der Waals surface area (Å²) >= 11 is 1.53. The number of hydrogen-bond donors (Lipinski definition) is 0. The molecule has 1 heterocycles. The van der Waals surface area contributed by atoms with E-state index in [4.69, 9.17) is 10.2 Å². The van der Waals surface area contributed by atoms with Gasteiger partial charge in [-0.05, 0) is 35.7 Å². The fraction of sp³-hybridized carbons (Fsp3) is 0.250. The highest BCUT2D eigenvalue weighted by Gasteiger charge is 2.12. The molecule has 0 fully saturated rings. The van der Waals surface area contributed by atoms with Gasteiger partial charge in [-0.1, -0.05) is 49.9 Å². The van der Waals surface area contributed by atoms with Crippen LogP contribution in [0.15, 0.2) is 58.5 Å². The normalized spacial score (nSPS) is 11.0. The smallest absolute Gasteiger partial charge is 0.262 e. The maximum Gasteiger partial charge on any atom is 0.262 e. The lowest BCUT2D eigenvalue weighted by Crippen LogP contribution is -2.25. The molecule has 0 saturated carbocycles. The Balaban J connectivity index is 1.98. The SMILES string of the molecule is CC(C)Cn1c(SCc2cccc(C#N)c2)nc2ccccc2c1=O. The summed E-state index contributed by atoms with van der Waals surface area (Å²) in [6, 6.07) is 17.1. The van der Waals surface area contributed by atoms with Crippen LogP contribution in [0.4, 0.5) is 0 Å². The van der Waals surface area contributed by atoms with Gasteiger partial charge < -0.3 is 0 Å². The molecular weight excluding hydrogens is 330 g/mol. The van der Waals surface area contributed by atoms with E-state index in [1.54, 1.807) is 10.6 Å². The van der Waals surface area contributed by atoms with Crippen molar-refractivity contribution in [3.8, 4) is 6.07 Å². The zero-order valence-corrected chi connectivity index (χ0v) is 15.1. The van der Waals surface area contributed by atoms with E-state index in [2.05, 4.69) is 19.9 Å². The minimum atomic E-state index is 0.00701. The number of thioether (sulfide) groups is 1. The highest BCUT2D eigenvalue weighted by atomic mass is 32.2. The van der Waals surface area contributed by atoms with Crippen molar-refractivity contribution < 1.29 is 0 Å². The van der Waals surface area contributed by atoms with Gasteiger partial charge in [0.2, 0.25) is 0 Å². The highest BCUT2D eigenvalue weighted by Crippen LogP contribution is 2.23. The first-order valence-electron chi connectivity index (χ1n) is 8.20. The predicted molar refractivity (Wildman–Crippen MR) is 102 cm³/mol. The maximum absolute atomic E-state index is 12.9. The van der Waals surface area contributed by atoms with Crippen LogP contribution in [0, 0.1) is 17.2 Å². The molecule has 0 aliphatic rings. The summed E-state index contributed by atoms with van der Waals surface area (Å²) in [5.74, 6) is 1.01. The first-order valence-corrected chi connectivity index (χ1v) is 9.18. The molecular formula is C20H19N3OS. The minimum Gasteiger partial charge on any atom is -0.287 e. The van der Waals surface area contributed by atoms with Gasteiger partial charge >= 0.3 is 0 Å². The third-order valence-corrected chi connectivity index (χ3v) is 4.85. The van der Waals surface area contributed by atoms with Crippen LogP contribution >= 0.6 is 11.8 Å². The number of hydrogen-bond acceptors (Lipinski definition) is 4. The molecule has 2 aromatic carbocycles. The molecule has 1 aromatic heterocycles. The number of nitriles is 1. The van der Waals surface area contributed by atoms with Crippen LogP contribution in [0.3, 0.4) is 0 Å². The molecule has 0 aliphatic heterocycles. The van der Waals surface area contributed by atoms with Crippen molar-refractivity contribution in [3.63, 3.8) is 0 Å². The predicted octanol–water partition coefficient (Wildman–Crippen LogP) is 4.22. The summed E-state index contributed by atoms with van der Waals surface area (Å²) < 4.78 is 1.77. The fourth-order valence-electron chi connectivity index (χ4n) is 2.66. The van der Waals surface area contributed by atoms with Gasteiger partial charge in [0.05, 0.1) is 22.5 Å². The summed E-state index contributed by atoms with van der Waals surface area (Å²) in [4.78, 5) is 17.6. The summed E-state index contributed by atoms with van der Waals surface area (Å²) in [7, 11) is 0. The standard InChI is InChI=1S/C20H19N3OS/c1-14(2)12-23-19(24)17-8-3-4-9-18(17)22-20(23)25-13-16-7-5-6-15(10-16)11-21/h3-10,14H,12-13H2,1-2H3. The van der Waals surface area contributed by atoms with E-state index < -0.39 is 0 Å². The molecule has 5 heteroatoms. The van der Waals surface area contributed by atoms with Crippen molar-refractivity contribution in [2.75, 3.05) is 0 Å². The zero-order chi connectivity index (χ0) is 17.8. The quantitative estimate of drug-likeness (QED) is 0.511. The molecule has 126 valence electrons. The van der Waals surface area contributed by atoms with Crippen molar-refractivity contribution in [3.05, 3.63) is 70.0 Å². The molecule has 0 amide bonds. The number of rotatable bonds is 5. The first-order chi connectivity index (χ1) is 12.1. The number of fused-ring (bicyclic) bond motifs is 1. The third kappa shape index (κ3) is 3.92. The molecule has 0 unspecified atom stereocenters. The Morgan fingerprint density at radius 3 is 2.76 bits per heavy atom. The largest absolute Gasteiger partial charge is 0.287 e. The van der Waals surface area contributed by atoms with E-state index >= 15 is 0 Å². The lowest BCUT2D eigenvalue weighted by atomic mass is 10.2. The molecule has 4 nitrogen and oxygen atoms in total. The van der Waals surface area contributed by atoms with Gasteiger partial charge in [-0.3, -0.25) is 9.36 Å². The third-order valence-electron chi connectivity index (χ3n) is 3.80. The van der Waals surface area contributed by atoms with Crippen LogP contribution < -0.4 is 5.56 Å².